The molecule has 0 unspecified atom stereocenters. The maximum atomic E-state index is 12.6. The molecule has 1 aliphatic carbocycles. The molecule has 1 aromatic rings. The second-order valence-corrected chi connectivity index (χ2v) is 5.05. The largest absolute Gasteiger partial charge is 0.507 e. The Morgan fingerprint density at radius 2 is 2.00 bits per heavy atom. The van der Waals surface area contributed by atoms with Crippen LogP contribution in [0.3, 0.4) is 0 Å². The molecule has 2 rings (SSSR count). The fourth-order valence-corrected chi connectivity index (χ4v) is 1.79. The number of rotatable bonds is 2. The summed E-state index contributed by atoms with van der Waals surface area (Å²) >= 11 is 3.02. The normalized spacial score (nSPS) is 17.3. The van der Waals surface area contributed by atoms with Crippen LogP contribution in [0, 0.1) is 0 Å². The fourth-order valence-electron chi connectivity index (χ4n) is 1.55. The number of aromatic hydroxyl groups is 1. The molecule has 2 N–H and O–H groups in total. The predicted octanol–water partition coefficient (Wildman–Crippen LogP) is 2.98. The number of hydrogen-bond acceptors (Lipinski definition) is 2. The fraction of sp³-hybridized carbons (Fsp3) is 0.364. The highest BCUT2D eigenvalue weighted by Crippen LogP contribution is 2.49. The van der Waals surface area contributed by atoms with Gasteiger partial charge in [-0.15, -0.1) is 0 Å². The lowest BCUT2D eigenvalue weighted by molar-refractivity contribution is -0.163. The molecule has 0 heterocycles. The van der Waals surface area contributed by atoms with Crippen molar-refractivity contribution in [3.05, 3.63) is 28.2 Å². The summed E-state index contributed by atoms with van der Waals surface area (Å²) in [5.74, 6) is -1.04. The van der Waals surface area contributed by atoms with Gasteiger partial charge in [0.05, 0.1) is 4.47 Å². The van der Waals surface area contributed by atoms with E-state index in [0.717, 1.165) is 6.07 Å². The molecule has 1 amide bonds. The van der Waals surface area contributed by atoms with Gasteiger partial charge in [0.1, 0.15) is 11.3 Å². The summed E-state index contributed by atoms with van der Waals surface area (Å²) in [4.78, 5) is 11.7. The first-order chi connectivity index (χ1) is 8.25. The number of benzene rings is 1. The van der Waals surface area contributed by atoms with Gasteiger partial charge in [0, 0.05) is 5.56 Å². The number of hydrogen-bond donors (Lipinski definition) is 2. The van der Waals surface area contributed by atoms with Crippen LogP contribution < -0.4 is 5.32 Å². The number of carbonyl (C=O) groups is 1. The first-order valence-corrected chi connectivity index (χ1v) is 5.92. The number of amides is 1. The summed E-state index contributed by atoms with van der Waals surface area (Å²) in [5, 5.41) is 11.4. The Kier molecular flexibility index (Phi) is 3.04. The summed E-state index contributed by atoms with van der Waals surface area (Å²) in [6, 6.07) is 3.86. The molecule has 0 radical (unpaired) electrons. The highest BCUT2D eigenvalue weighted by molar-refractivity contribution is 9.10. The number of alkyl halides is 3. The first-order valence-electron chi connectivity index (χ1n) is 5.13. The van der Waals surface area contributed by atoms with Gasteiger partial charge in [0.2, 0.25) is 0 Å². The molecule has 1 saturated carbocycles. The Morgan fingerprint density at radius 1 is 1.39 bits per heavy atom. The van der Waals surface area contributed by atoms with E-state index < -0.39 is 17.6 Å². The van der Waals surface area contributed by atoms with Crippen LogP contribution in [-0.4, -0.2) is 22.7 Å². The molecular formula is C11H9BrF3NO2. The number of halogens is 4. The second kappa shape index (κ2) is 4.15. The Morgan fingerprint density at radius 3 is 2.44 bits per heavy atom. The molecule has 0 atom stereocenters. The Balaban J connectivity index is 2.16. The van der Waals surface area contributed by atoms with Crippen LogP contribution >= 0.6 is 15.9 Å². The van der Waals surface area contributed by atoms with Crippen LogP contribution in [0.15, 0.2) is 22.7 Å². The highest BCUT2D eigenvalue weighted by Gasteiger charge is 2.64. The van der Waals surface area contributed by atoms with E-state index in [-0.39, 0.29) is 24.2 Å². The van der Waals surface area contributed by atoms with Crippen LogP contribution in [0.1, 0.15) is 23.2 Å². The van der Waals surface area contributed by atoms with E-state index in [1.807, 2.05) is 5.32 Å². The molecule has 0 saturated heterocycles. The van der Waals surface area contributed by atoms with E-state index in [9.17, 15) is 23.1 Å². The zero-order valence-corrected chi connectivity index (χ0v) is 10.6. The number of carbonyl (C=O) groups excluding carboxylic acids is 1. The van der Waals surface area contributed by atoms with Crippen LogP contribution in [0.25, 0.3) is 0 Å². The van der Waals surface area contributed by atoms with Crippen molar-refractivity contribution in [2.45, 2.75) is 24.6 Å². The molecule has 0 aromatic heterocycles. The molecule has 0 spiro atoms. The SMILES string of the molecule is O=C(NC1(C(F)(F)F)CC1)c1ccc(Br)c(O)c1. The summed E-state index contributed by atoms with van der Waals surface area (Å²) in [6.07, 6.45) is -4.66. The van der Waals surface area contributed by atoms with Crippen LogP contribution in [0.2, 0.25) is 0 Å². The van der Waals surface area contributed by atoms with Crippen LogP contribution in [0.4, 0.5) is 13.2 Å². The lowest BCUT2D eigenvalue weighted by Gasteiger charge is -2.20. The molecule has 1 aliphatic rings. The third-order valence-corrected chi connectivity index (χ3v) is 3.52. The number of phenols is 1. The molecule has 1 aromatic carbocycles. The van der Waals surface area contributed by atoms with Gasteiger partial charge in [-0.1, -0.05) is 0 Å². The van der Waals surface area contributed by atoms with E-state index in [2.05, 4.69) is 15.9 Å². The minimum atomic E-state index is -4.44. The molecule has 3 nitrogen and oxygen atoms in total. The zero-order valence-electron chi connectivity index (χ0n) is 9.01. The Labute approximate surface area is 109 Å². The lowest BCUT2D eigenvalue weighted by Crippen LogP contribution is -2.47. The van der Waals surface area contributed by atoms with E-state index in [1.54, 1.807) is 0 Å². The summed E-state index contributed by atoms with van der Waals surface area (Å²) < 4.78 is 38.3. The van der Waals surface area contributed by atoms with Gasteiger partial charge in [0.25, 0.3) is 5.91 Å². The number of nitrogens with one attached hydrogen (secondary N) is 1. The van der Waals surface area contributed by atoms with Crippen molar-refractivity contribution in [1.29, 1.82) is 0 Å². The van der Waals surface area contributed by atoms with Gasteiger partial charge in [0.15, 0.2) is 0 Å². The lowest BCUT2D eigenvalue weighted by atomic mass is 10.1. The molecule has 0 bridgehead atoms. The van der Waals surface area contributed by atoms with Crippen LogP contribution in [-0.2, 0) is 0 Å². The van der Waals surface area contributed by atoms with E-state index in [0.29, 0.717) is 4.47 Å². The maximum Gasteiger partial charge on any atom is 0.411 e. The minimum Gasteiger partial charge on any atom is -0.507 e. The van der Waals surface area contributed by atoms with Crippen molar-refractivity contribution >= 4 is 21.8 Å². The molecule has 98 valence electrons. The maximum absolute atomic E-state index is 12.6. The Bertz CT molecular complexity index is 498. The van der Waals surface area contributed by atoms with E-state index in [4.69, 9.17) is 0 Å². The van der Waals surface area contributed by atoms with Gasteiger partial charge in [-0.05, 0) is 47.0 Å². The monoisotopic (exact) mass is 323 g/mol. The topological polar surface area (TPSA) is 49.3 Å². The van der Waals surface area contributed by atoms with Crippen LogP contribution in [0.5, 0.6) is 5.75 Å². The quantitative estimate of drug-likeness (QED) is 0.879. The van der Waals surface area contributed by atoms with Gasteiger partial charge < -0.3 is 10.4 Å². The second-order valence-electron chi connectivity index (χ2n) is 4.20. The van der Waals surface area contributed by atoms with Crippen molar-refractivity contribution < 1.29 is 23.1 Å². The third-order valence-electron chi connectivity index (χ3n) is 2.85. The Hall–Kier alpha value is -1.24. The average Bonchev–Trinajstić information content (AvgIpc) is 3.02. The third kappa shape index (κ3) is 2.31. The molecule has 1 fully saturated rings. The van der Waals surface area contributed by atoms with Gasteiger partial charge in [-0.25, -0.2) is 0 Å². The smallest absolute Gasteiger partial charge is 0.411 e. The standard InChI is InChI=1S/C11H9BrF3NO2/c12-7-2-1-6(5-8(7)17)9(18)16-10(3-4-10)11(13,14)15/h1-2,5,17H,3-4H2,(H,16,18). The van der Waals surface area contributed by atoms with Crippen molar-refractivity contribution in [2.75, 3.05) is 0 Å². The van der Waals surface area contributed by atoms with Gasteiger partial charge >= 0.3 is 6.18 Å². The van der Waals surface area contributed by atoms with Crippen molar-refractivity contribution in [2.24, 2.45) is 0 Å². The molecule has 7 heteroatoms. The number of phenolic OH excluding ortho intramolecular Hbond substituents is 1. The highest BCUT2D eigenvalue weighted by atomic mass is 79.9. The van der Waals surface area contributed by atoms with E-state index >= 15 is 0 Å². The zero-order chi connectivity index (χ0) is 13.6. The average molecular weight is 324 g/mol. The van der Waals surface area contributed by atoms with Crippen molar-refractivity contribution in [3.63, 3.8) is 0 Å². The summed E-state index contributed by atoms with van der Waals surface area (Å²) in [6.45, 7) is 0. The molecule has 18 heavy (non-hydrogen) atoms. The van der Waals surface area contributed by atoms with Gasteiger partial charge in [-0.2, -0.15) is 13.2 Å². The first kappa shape index (κ1) is 13.2. The minimum absolute atomic E-state index is 0.00812. The van der Waals surface area contributed by atoms with Gasteiger partial charge in [-0.3, -0.25) is 4.79 Å². The van der Waals surface area contributed by atoms with E-state index in [1.165, 1.54) is 12.1 Å². The van der Waals surface area contributed by atoms with Crippen molar-refractivity contribution in [3.8, 4) is 5.75 Å². The summed E-state index contributed by atoms with van der Waals surface area (Å²) in [7, 11) is 0. The molecular weight excluding hydrogens is 315 g/mol. The predicted molar refractivity (Wildman–Crippen MR) is 61.3 cm³/mol. The van der Waals surface area contributed by atoms with Crippen molar-refractivity contribution in [1.82, 2.24) is 5.32 Å². The summed E-state index contributed by atoms with van der Waals surface area (Å²) in [5.41, 5.74) is -2.10. The molecule has 0 aliphatic heterocycles.